The van der Waals surface area contributed by atoms with Gasteiger partial charge in [0.15, 0.2) is 11.7 Å². The number of fused-ring (bicyclic) bond motifs is 1. The lowest BCUT2D eigenvalue weighted by molar-refractivity contribution is -0.120. The van der Waals surface area contributed by atoms with Gasteiger partial charge in [-0.05, 0) is 56.6 Å². The summed E-state index contributed by atoms with van der Waals surface area (Å²) in [5.41, 5.74) is 0.848. The molecule has 1 aromatic heterocycles. The number of ether oxygens (including phenoxy) is 1. The van der Waals surface area contributed by atoms with E-state index in [1.807, 2.05) is 37.2 Å². The standard InChI is InChI=1S/C19H19BrFN3O2S/c1-23(2)9-10-24(18(25)12-26-15-6-4-14(21)5-7-15)19-22-16-8-3-13(20)11-17(16)27-19/h3-8,11H,9-10,12H2,1-2H3. The molecule has 2 aromatic carbocycles. The Labute approximate surface area is 169 Å². The maximum atomic E-state index is 13.0. The van der Waals surface area contributed by atoms with Gasteiger partial charge in [-0.15, -0.1) is 0 Å². The van der Waals surface area contributed by atoms with Crippen LogP contribution in [0, 0.1) is 5.82 Å². The summed E-state index contributed by atoms with van der Waals surface area (Å²) < 4.78 is 20.5. The van der Waals surface area contributed by atoms with Crippen LogP contribution < -0.4 is 9.64 Å². The van der Waals surface area contributed by atoms with Crippen molar-refractivity contribution in [3.8, 4) is 5.75 Å². The molecule has 0 atom stereocenters. The van der Waals surface area contributed by atoms with E-state index in [0.717, 1.165) is 14.7 Å². The van der Waals surface area contributed by atoms with E-state index in [9.17, 15) is 9.18 Å². The number of likely N-dealkylation sites (N-methyl/N-ethyl adjacent to an activating group) is 1. The molecule has 0 radical (unpaired) electrons. The van der Waals surface area contributed by atoms with Gasteiger partial charge in [0.2, 0.25) is 0 Å². The highest BCUT2D eigenvalue weighted by Gasteiger charge is 2.20. The van der Waals surface area contributed by atoms with Gasteiger partial charge in [0.05, 0.1) is 10.2 Å². The van der Waals surface area contributed by atoms with Gasteiger partial charge < -0.3 is 9.64 Å². The van der Waals surface area contributed by atoms with Gasteiger partial charge in [0, 0.05) is 17.6 Å². The molecule has 27 heavy (non-hydrogen) atoms. The SMILES string of the molecule is CN(C)CCN(C(=O)COc1ccc(F)cc1)c1nc2ccc(Br)cc2s1. The Hall–Kier alpha value is -2.03. The van der Waals surface area contributed by atoms with Crippen LogP contribution in [0.4, 0.5) is 9.52 Å². The number of hydrogen-bond acceptors (Lipinski definition) is 5. The zero-order valence-corrected chi connectivity index (χ0v) is 17.4. The largest absolute Gasteiger partial charge is 0.484 e. The molecule has 3 aromatic rings. The molecule has 8 heteroatoms. The first-order chi connectivity index (χ1) is 12.9. The molecule has 0 fully saturated rings. The minimum Gasteiger partial charge on any atom is -0.484 e. The lowest BCUT2D eigenvalue weighted by atomic mass is 10.3. The summed E-state index contributed by atoms with van der Waals surface area (Å²) in [6.45, 7) is 1.06. The van der Waals surface area contributed by atoms with Crippen LogP contribution in [0.1, 0.15) is 0 Å². The van der Waals surface area contributed by atoms with Crippen molar-refractivity contribution in [2.75, 3.05) is 38.7 Å². The zero-order valence-electron chi connectivity index (χ0n) is 15.0. The normalized spacial score (nSPS) is 11.1. The number of thiazole rings is 1. The first-order valence-electron chi connectivity index (χ1n) is 8.32. The summed E-state index contributed by atoms with van der Waals surface area (Å²) in [7, 11) is 3.90. The lowest BCUT2D eigenvalue weighted by Crippen LogP contribution is -2.39. The minimum absolute atomic E-state index is 0.140. The van der Waals surface area contributed by atoms with Gasteiger partial charge in [-0.3, -0.25) is 9.69 Å². The Morgan fingerprint density at radius 3 is 2.63 bits per heavy atom. The van der Waals surface area contributed by atoms with Crippen LogP contribution in [-0.2, 0) is 4.79 Å². The molecule has 0 aliphatic heterocycles. The molecule has 0 aliphatic rings. The second kappa shape index (κ2) is 8.77. The quantitative estimate of drug-likeness (QED) is 0.540. The third kappa shape index (κ3) is 5.24. The Morgan fingerprint density at radius 1 is 1.19 bits per heavy atom. The molecule has 1 amide bonds. The molecule has 3 rings (SSSR count). The number of nitrogens with zero attached hydrogens (tertiary/aromatic N) is 3. The fraction of sp³-hybridized carbons (Fsp3) is 0.263. The van der Waals surface area contributed by atoms with Gasteiger partial charge >= 0.3 is 0 Å². The fourth-order valence-corrected chi connectivity index (χ4v) is 3.94. The van der Waals surface area contributed by atoms with E-state index in [4.69, 9.17) is 4.74 Å². The van der Waals surface area contributed by atoms with Gasteiger partial charge in [0.1, 0.15) is 11.6 Å². The summed E-state index contributed by atoms with van der Waals surface area (Å²) >= 11 is 4.92. The van der Waals surface area contributed by atoms with Crippen LogP contribution >= 0.6 is 27.3 Å². The number of hydrogen-bond donors (Lipinski definition) is 0. The number of halogens is 2. The average Bonchev–Trinajstić information content (AvgIpc) is 3.03. The van der Waals surface area contributed by atoms with Crippen molar-refractivity contribution in [2.24, 2.45) is 0 Å². The molecule has 0 N–H and O–H groups in total. The van der Waals surface area contributed by atoms with Crippen LogP contribution in [0.15, 0.2) is 46.9 Å². The summed E-state index contributed by atoms with van der Waals surface area (Å²) in [5.74, 6) is -0.0910. The van der Waals surface area contributed by atoms with Crippen LogP contribution in [0.5, 0.6) is 5.75 Å². The molecular formula is C19H19BrFN3O2S. The average molecular weight is 452 g/mol. The monoisotopic (exact) mass is 451 g/mol. The van der Waals surface area contributed by atoms with Crippen molar-refractivity contribution < 1.29 is 13.9 Å². The van der Waals surface area contributed by atoms with Crippen molar-refractivity contribution in [3.63, 3.8) is 0 Å². The maximum Gasteiger partial charge on any atom is 0.266 e. The number of rotatable bonds is 7. The number of anilines is 1. The molecule has 0 bridgehead atoms. The van der Waals surface area contributed by atoms with E-state index < -0.39 is 0 Å². The zero-order chi connectivity index (χ0) is 19.4. The van der Waals surface area contributed by atoms with E-state index in [1.165, 1.54) is 35.6 Å². The smallest absolute Gasteiger partial charge is 0.266 e. The highest BCUT2D eigenvalue weighted by Crippen LogP contribution is 2.31. The third-order valence-corrected chi connectivity index (χ3v) is 5.35. The topological polar surface area (TPSA) is 45.7 Å². The van der Waals surface area contributed by atoms with Gasteiger partial charge in [-0.1, -0.05) is 27.3 Å². The Morgan fingerprint density at radius 2 is 1.93 bits per heavy atom. The molecule has 0 unspecified atom stereocenters. The van der Waals surface area contributed by atoms with Crippen LogP contribution in [0.2, 0.25) is 0 Å². The first kappa shape index (κ1) is 19.7. The number of amides is 1. The number of aromatic nitrogens is 1. The summed E-state index contributed by atoms with van der Waals surface area (Å²) in [5, 5.41) is 0.637. The predicted octanol–water partition coefficient (Wildman–Crippen LogP) is 4.17. The molecular weight excluding hydrogens is 433 g/mol. The second-order valence-corrected chi connectivity index (χ2v) is 8.12. The third-order valence-electron chi connectivity index (χ3n) is 3.82. The van der Waals surface area contributed by atoms with Crippen LogP contribution in [0.3, 0.4) is 0 Å². The molecule has 5 nitrogen and oxygen atoms in total. The Balaban J connectivity index is 1.78. The summed E-state index contributed by atoms with van der Waals surface area (Å²) in [6.07, 6.45) is 0. The molecule has 1 heterocycles. The summed E-state index contributed by atoms with van der Waals surface area (Å²) in [4.78, 5) is 21.1. The number of carbonyl (C=O) groups excluding carboxylic acids is 1. The minimum atomic E-state index is -0.345. The van der Waals surface area contributed by atoms with Gasteiger partial charge in [0.25, 0.3) is 5.91 Å². The second-order valence-electron chi connectivity index (χ2n) is 6.20. The Bertz CT molecular complexity index is 930. The van der Waals surface area contributed by atoms with E-state index in [1.54, 1.807) is 4.90 Å². The van der Waals surface area contributed by atoms with Gasteiger partial charge in [-0.2, -0.15) is 0 Å². The van der Waals surface area contributed by atoms with E-state index >= 15 is 0 Å². The highest BCUT2D eigenvalue weighted by molar-refractivity contribution is 9.10. The van der Waals surface area contributed by atoms with Crippen molar-refractivity contribution in [1.29, 1.82) is 0 Å². The number of carbonyl (C=O) groups is 1. The molecule has 0 spiro atoms. The molecule has 142 valence electrons. The fourth-order valence-electron chi connectivity index (χ4n) is 2.38. The van der Waals surface area contributed by atoms with E-state index in [-0.39, 0.29) is 18.3 Å². The summed E-state index contributed by atoms with van der Waals surface area (Å²) in [6, 6.07) is 11.4. The molecule has 0 saturated heterocycles. The van der Waals surface area contributed by atoms with Crippen molar-refractivity contribution in [1.82, 2.24) is 9.88 Å². The van der Waals surface area contributed by atoms with Crippen molar-refractivity contribution >= 4 is 48.5 Å². The maximum absolute atomic E-state index is 13.0. The lowest BCUT2D eigenvalue weighted by Gasteiger charge is -2.22. The van der Waals surface area contributed by atoms with Crippen LogP contribution in [0.25, 0.3) is 10.2 Å². The predicted molar refractivity (Wildman–Crippen MR) is 110 cm³/mol. The van der Waals surface area contributed by atoms with Crippen molar-refractivity contribution in [2.45, 2.75) is 0 Å². The number of benzene rings is 2. The van der Waals surface area contributed by atoms with E-state index in [0.29, 0.717) is 24.0 Å². The van der Waals surface area contributed by atoms with E-state index in [2.05, 4.69) is 20.9 Å². The van der Waals surface area contributed by atoms with Crippen LogP contribution in [-0.4, -0.2) is 49.6 Å². The van der Waals surface area contributed by atoms with Gasteiger partial charge in [-0.25, -0.2) is 9.37 Å². The molecule has 0 saturated carbocycles. The Kier molecular flexibility index (Phi) is 6.41. The van der Waals surface area contributed by atoms with Crippen molar-refractivity contribution in [3.05, 3.63) is 52.8 Å². The molecule has 0 aliphatic carbocycles. The first-order valence-corrected chi connectivity index (χ1v) is 9.93. The highest BCUT2D eigenvalue weighted by atomic mass is 79.9.